The monoisotopic (exact) mass is 316 g/mol. The number of hydrogen-bond acceptors (Lipinski definition) is 6. The summed E-state index contributed by atoms with van der Waals surface area (Å²) in [6.45, 7) is 1.15. The van der Waals surface area contributed by atoms with Gasteiger partial charge in [-0.3, -0.25) is 0 Å². The van der Waals surface area contributed by atoms with Crippen LogP contribution in [0.25, 0.3) is 11.0 Å². The van der Waals surface area contributed by atoms with Crippen molar-refractivity contribution in [1.82, 2.24) is 14.5 Å². The molecule has 0 aliphatic carbocycles. The molecule has 0 spiro atoms. The van der Waals surface area contributed by atoms with Gasteiger partial charge in [-0.15, -0.1) is 11.6 Å². The minimum absolute atomic E-state index is 0.00443. The zero-order valence-electron chi connectivity index (χ0n) is 11.1. The summed E-state index contributed by atoms with van der Waals surface area (Å²) in [5.74, 6) is -0.606. The molecule has 1 unspecified atom stereocenters. The molecule has 1 aliphatic heterocycles. The second kappa shape index (κ2) is 4.77. The van der Waals surface area contributed by atoms with Crippen LogP contribution in [0.1, 0.15) is 13.2 Å². The number of nitrogen functional groups attached to an aromatic ring is 1. The van der Waals surface area contributed by atoms with Gasteiger partial charge in [-0.2, -0.15) is 0 Å². The molecular weight excluding hydrogens is 303 g/mol. The molecule has 3 rings (SSSR count). The molecule has 2 aromatic heterocycles. The molecule has 0 saturated carbocycles. The van der Waals surface area contributed by atoms with Crippen LogP contribution in [0.15, 0.2) is 12.5 Å². The van der Waals surface area contributed by atoms with Crippen LogP contribution in [0.3, 0.4) is 0 Å². The maximum Gasteiger partial charge on any atom is 0.157 e. The van der Waals surface area contributed by atoms with Crippen LogP contribution in [0.2, 0.25) is 0 Å². The Morgan fingerprint density at radius 2 is 2.29 bits per heavy atom. The Balaban J connectivity index is 2.15. The molecule has 4 atom stereocenters. The highest BCUT2D eigenvalue weighted by Crippen LogP contribution is 2.44. The van der Waals surface area contributed by atoms with Crippen LogP contribution >= 0.6 is 11.6 Å². The Bertz CT molecular complexity index is 692. The van der Waals surface area contributed by atoms with E-state index in [0.29, 0.717) is 0 Å². The normalized spacial score (nSPS) is 32.9. The lowest BCUT2D eigenvalue weighted by Gasteiger charge is -2.26. The molecular formula is C12H14ClFN4O3. The standard InChI is InChI=1S/C12H14ClFN4O3/c1-12(13)8(20)6(3-19)21-11(12)18-2-5(14)7-9(15)16-4-17-10(7)18/h2,4,6,8,11,19-20H,3H2,1H3,(H2,15,16,17)/t6-,8-,11?,12-/m1/s1. The average Bonchev–Trinajstić information content (AvgIpc) is 2.87. The van der Waals surface area contributed by atoms with Gasteiger partial charge in [-0.05, 0) is 6.92 Å². The summed E-state index contributed by atoms with van der Waals surface area (Å²) in [5.41, 5.74) is 5.86. The van der Waals surface area contributed by atoms with Gasteiger partial charge < -0.3 is 25.3 Å². The molecule has 2 aromatic rings. The Morgan fingerprint density at radius 1 is 1.57 bits per heavy atom. The lowest BCUT2D eigenvalue weighted by molar-refractivity contribution is -0.0440. The molecule has 1 aliphatic rings. The average molecular weight is 317 g/mol. The van der Waals surface area contributed by atoms with Crippen LogP contribution in [0.5, 0.6) is 0 Å². The highest BCUT2D eigenvalue weighted by molar-refractivity contribution is 6.24. The molecule has 0 bridgehead atoms. The molecule has 1 fully saturated rings. The fourth-order valence-electron chi connectivity index (χ4n) is 2.60. The fraction of sp³-hybridized carbons (Fsp3) is 0.500. The second-order valence-corrected chi connectivity index (χ2v) is 5.96. The summed E-state index contributed by atoms with van der Waals surface area (Å²) in [4.78, 5) is 6.48. The number of rotatable bonds is 2. The lowest BCUT2D eigenvalue weighted by Crippen LogP contribution is -2.39. The number of fused-ring (bicyclic) bond motifs is 1. The van der Waals surface area contributed by atoms with Crippen LogP contribution in [-0.4, -0.2) is 48.4 Å². The molecule has 9 heteroatoms. The summed E-state index contributed by atoms with van der Waals surface area (Å²) >= 11 is 6.34. The molecule has 0 aromatic carbocycles. The first-order valence-electron chi connectivity index (χ1n) is 6.27. The second-order valence-electron chi connectivity index (χ2n) is 5.15. The predicted octanol–water partition coefficient (Wildman–Crippen LogP) is 0.401. The van der Waals surface area contributed by atoms with Crippen LogP contribution in [0, 0.1) is 5.82 Å². The Labute approximate surface area is 124 Å². The Hall–Kier alpha value is -1.48. The van der Waals surface area contributed by atoms with Crippen molar-refractivity contribution in [3.63, 3.8) is 0 Å². The highest BCUT2D eigenvalue weighted by atomic mass is 35.5. The van der Waals surface area contributed by atoms with Gasteiger partial charge in [0.1, 0.15) is 29.2 Å². The minimum Gasteiger partial charge on any atom is -0.394 e. The van der Waals surface area contributed by atoms with Gasteiger partial charge in [0.2, 0.25) is 0 Å². The molecule has 114 valence electrons. The third kappa shape index (κ3) is 1.98. The molecule has 21 heavy (non-hydrogen) atoms. The number of halogens is 2. The van der Waals surface area contributed by atoms with Crippen molar-refractivity contribution >= 4 is 28.5 Å². The molecule has 0 radical (unpaired) electrons. The van der Waals surface area contributed by atoms with E-state index in [4.69, 9.17) is 22.1 Å². The van der Waals surface area contributed by atoms with Crippen molar-refractivity contribution < 1.29 is 19.3 Å². The number of hydrogen-bond donors (Lipinski definition) is 3. The minimum atomic E-state index is -1.26. The Morgan fingerprint density at radius 3 is 2.90 bits per heavy atom. The van der Waals surface area contributed by atoms with Crippen molar-refractivity contribution in [2.45, 2.75) is 30.2 Å². The van der Waals surface area contributed by atoms with Gasteiger partial charge in [0.15, 0.2) is 17.7 Å². The summed E-state index contributed by atoms with van der Waals surface area (Å²) < 4.78 is 21.0. The van der Waals surface area contributed by atoms with E-state index >= 15 is 0 Å². The summed E-state index contributed by atoms with van der Waals surface area (Å²) in [7, 11) is 0. The van der Waals surface area contributed by atoms with E-state index in [1.54, 1.807) is 6.92 Å². The van der Waals surface area contributed by atoms with Crippen molar-refractivity contribution in [2.24, 2.45) is 0 Å². The highest BCUT2D eigenvalue weighted by Gasteiger charge is 2.53. The topological polar surface area (TPSA) is 106 Å². The van der Waals surface area contributed by atoms with E-state index in [-0.39, 0.29) is 16.9 Å². The van der Waals surface area contributed by atoms with Gasteiger partial charge in [0.25, 0.3) is 0 Å². The van der Waals surface area contributed by atoms with Crippen molar-refractivity contribution in [1.29, 1.82) is 0 Å². The summed E-state index contributed by atoms with van der Waals surface area (Å²) in [6, 6.07) is 0. The number of aliphatic hydroxyl groups is 2. The predicted molar refractivity (Wildman–Crippen MR) is 73.2 cm³/mol. The van der Waals surface area contributed by atoms with Gasteiger partial charge in [0, 0.05) is 6.20 Å². The third-order valence-corrected chi connectivity index (χ3v) is 4.15. The van der Waals surface area contributed by atoms with E-state index in [1.807, 2.05) is 0 Å². The van der Waals surface area contributed by atoms with E-state index < -0.39 is 35.7 Å². The van der Waals surface area contributed by atoms with Crippen LogP contribution in [-0.2, 0) is 4.74 Å². The quantitative estimate of drug-likeness (QED) is 0.692. The fourth-order valence-corrected chi connectivity index (χ4v) is 2.90. The largest absolute Gasteiger partial charge is 0.394 e. The first-order chi connectivity index (χ1) is 9.87. The smallest absolute Gasteiger partial charge is 0.157 e. The van der Waals surface area contributed by atoms with Crippen molar-refractivity contribution in [3.05, 3.63) is 18.3 Å². The number of aromatic nitrogens is 3. The van der Waals surface area contributed by atoms with E-state index in [2.05, 4.69) is 9.97 Å². The number of ether oxygens (including phenoxy) is 1. The zero-order valence-corrected chi connectivity index (χ0v) is 11.8. The van der Waals surface area contributed by atoms with Crippen LogP contribution in [0.4, 0.5) is 10.2 Å². The molecule has 7 nitrogen and oxygen atoms in total. The molecule has 0 amide bonds. The van der Waals surface area contributed by atoms with Gasteiger partial charge >= 0.3 is 0 Å². The van der Waals surface area contributed by atoms with E-state index in [9.17, 15) is 14.6 Å². The van der Waals surface area contributed by atoms with E-state index in [1.165, 1.54) is 10.9 Å². The molecule has 4 N–H and O–H groups in total. The number of alkyl halides is 1. The lowest BCUT2D eigenvalue weighted by atomic mass is 10.0. The SMILES string of the molecule is C[C@]1(Cl)C(n2cc(F)c3c(N)ncnc32)O[C@H](CO)[C@H]1O. The van der Waals surface area contributed by atoms with Crippen molar-refractivity contribution in [3.8, 4) is 0 Å². The number of aliphatic hydroxyl groups excluding tert-OH is 2. The first kappa shape index (κ1) is 14.5. The van der Waals surface area contributed by atoms with Gasteiger partial charge in [-0.25, -0.2) is 14.4 Å². The Kier molecular flexibility index (Phi) is 3.28. The van der Waals surface area contributed by atoms with Crippen molar-refractivity contribution in [2.75, 3.05) is 12.3 Å². The number of anilines is 1. The number of nitrogens with zero attached hydrogens (tertiary/aromatic N) is 3. The maximum absolute atomic E-state index is 14.1. The molecule has 3 heterocycles. The van der Waals surface area contributed by atoms with Gasteiger partial charge in [0.05, 0.1) is 12.0 Å². The van der Waals surface area contributed by atoms with E-state index in [0.717, 1.165) is 6.20 Å². The van der Waals surface area contributed by atoms with Gasteiger partial charge in [-0.1, -0.05) is 0 Å². The summed E-state index contributed by atoms with van der Waals surface area (Å²) in [6.07, 6.45) is -0.541. The first-order valence-corrected chi connectivity index (χ1v) is 6.65. The molecule has 1 saturated heterocycles. The third-order valence-electron chi connectivity index (χ3n) is 3.74. The van der Waals surface area contributed by atoms with Crippen LogP contribution < -0.4 is 5.73 Å². The summed E-state index contributed by atoms with van der Waals surface area (Å²) in [5, 5.41) is 19.4. The zero-order chi connectivity index (χ0) is 15.4. The maximum atomic E-state index is 14.1. The number of nitrogens with two attached hydrogens (primary N) is 1.